The van der Waals surface area contributed by atoms with Gasteiger partial charge in [-0.2, -0.15) is 0 Å². The minimum Gasteiger partial charge on any atom is -0.492 e. The summed E-state index contributed by atoms with van der Waals surface area (Å²) in [5, 5.41) is 0. The molecule has 0 atom stereocenters. The number of nitrogens with zero attached hydrogens (tertiary/aromatic N) is 1. The van der Waals surface area contributed by atoms with Crippen LogP contribution in [0.25, 0.3) is 0 Å². The van der Waals surface area contributed by atoms with Crippen molar-refractivity contribution in [2.24, 2.45) is 0 Å². The molecule has 3 rings (SSSR count). The van der Waals surface area contributed by atoms with Crippen LogP contribution in [-0.4, -0.2) is 31.1 Å². The van der Waals surface area contributed by atoms with Crippen molar-refractivity contribution in [3.05, 3.63) is 65.7 Å². The summed E-state index contributed by atoms with van der Waals surface area (Å²) in [5.74, 6) is 0.972. The van der Waals surface area contributed by atoms with E-state index in [0.717, 1.165) is 18.9 Å². The van der Waals surface area contributed by atoms with Crippen LogP contribution in [0.15, 0.2) is 54.6 Å². The Hall–Kier alpha value is -1.80. The highest BCUT2D eigenvalue weighted by Gasteiger charge is 2.22. The first-order valence-corrected chi connectivity index (χ1v) is 9.17. The standard InChI is InChI=1S/C22H29NO/c1-22(2,19-9-5-3-6-10-19)20-11-13-21(14-12-20)24-18-17-23-15-7-4-8-16-23/h3,5-6,9-14H,4,7-8,15-18H2,1-2H3. The molecule has 0 N–H and O–H groups in total. The third-order valence-electron chi connectivity index (χ3n) is 5.20. The normalized spacial score (nSPS) is 16.1. The number of rotatable bonds is 6. The summed E-state index contributed by atoms with van der Waals surface area (Å²) in [6.45, 7) is 8.82. The number of likely N-dealkylation sites (tertiary alicyclic amines) is 1. The van der Waals surface area contributed by atoms with Crippen LogP contribution in [0.1, 0.15) is 44.2 Å². The van der Waals surface area contributed by atoms with Gasteiger partial charge in [-0.1, -0.05) is 62.7 Å². The number of hydrogen-bond donors (Lipinski definition) is 0. The lowest BCUT2D eigenvalue weighted by Gasteiger charge is -2.27. The molecule has 1 fully saturated rings. The average Bonchev–Trinajstić information content (AvgIpc) is 2.64. The first kappa shape index (κ1) is 17.0. The average molecular weight is 323 g/mol. The summed E-state index contributed by atoms with van der Waals surface area (Å²) in [7, 11) is 0. The van der Waals surface area contributed by atoms with Crippen LogP contribution in [0.2, 0.25) is 0 Å². The van der Waals surface area contributed by atoms with Crippen LogP contribution < -0.4 is 4.74 Å². The predicted molar refractivity (Wildman–Crippen MR) is 101 cm³/mol. The van der Waals surface area contributed by atoms with E-state index < -0.39 is 0 Å². The predicted octanol–water partition coefficient (Wildman–Crippen LogP) is 4.88. The van der Waals surface area contributed by atoms with Gasteiger partial charge in [0.05, 0.1) is 0 Å². The van der Waals surface area contributed by atoms with Crippen LogP contribution in [0.3, 0.4) is 0 Å². The molecule has 0 bridgehead atoms. The van der Waals surface area contributed by atoms with Crippen LogP contribution in [0.5, 0.6) is 5.75 Å². The van der Waals surface area contributed by atoms with E-state index in [0.29, 0.717) is 0 Å². The Bertz CT molecular complexity index is 612. The molecule has 2 aromatic carbocycles. The molecule has 2 heteroatoms. The van der Waals surface area contributed by atoms with Crippen molar-refractivity contribution in [3.63, 3.8) is 0 Å². The maximum Gasteiger partial charge on any atom is 0.119 e. The fourth-order valence-corrected chi connectivity index (χ4v) is 3.46. The highest BCUT2D eigenvalue weighted by atomic mass is 16.5. The molecule has 1 aliphatic rings. The van der Waals surface area contributed by atoms with Crippen molar-refractivity contribution in [1.82, 2.24) is 4.90 Å². The molecule has 0 aromatic heterocycles. The van der Waals surface area contributed by atoms with Gasteiger partial charge in [0, 0.05) is 12.0 Å². The monoisotopic (exact) mass is 323 g/mol. The van der Waals surface area contributed by atoms with Crippen molar-refractivity contribution in [2.45, 2.75) is 38.5 Å². The smallest absolute Gasteiger partial charge is 0.119 e. The maximum atomic E-state index is 5.94. The van der Waals surface area contributed by atoms with Crippen molar-refractivity contribution in [3.8, 4) is 5.75 Å². The Balaban J connectivity index is 1.57. The summed E-state index contributed by atoms with van der Waals surface area (Å²) in [4.78, 5) is 2.51. The molecule has 0 unspecified atom stereocenters. The van der Waals surface area contributed by atoms with E-state index in [1.165, 1.54) is 43.5 Å². The molecule has 1 aliphatic heterocycles. The third-order valence-corrected chi connectivity index (χ3v) is 5.20. The van der Waals surface area contributed by atoms with Gasteiger partial charge in [0.15, 0.2) is 0 Å². The Morgan fingerprint density at radius 1 is 0.833 bits per heavy atom. The second-order valence-corrected chi connectivity index (χ2v) is 7.27. The highest BCUT2D eigenvalue weighted by molar-refractivity contribution is 5.39. The maximum absolute atomic E-state index is 5.94. The van der Waals surface area contributed by atoms with E-state index in [1.807, 2.05) is 0 Å². The third kappa shape index (κ3) is 4.18. The van der Waals surface area contributed by atoms with Gasteiger partial charge in [0.1, 0.15) is 12.4 Å². The van der Waals surface area contributed by atoms with E-state index in [4.69, 9.17) is 4.74 Å². The summed E-state index contributed by atoms with van der Waals surface area (Å²) >= 11 is 0. The number of piperidine rings is 1. The van der Waals surface area contributed by atoms with Gasteiger partial charge in [-0.25, -0.2) is 0 Å². The number of hydrogen-bond acceptors (Lipinski definition) is 2. The van der Waals surface area contributed by atoms with Gasteiger partial charge in [-0.15, -0.1) is 0 Å². The molecule has 0 aliphatic carbocycles. The quantitative estimate of drug-likeness (QED) is 0.751. The van der Waals surface area contributed by atoms with Crippen LogP contribution in [0, 0.1) is 0 Å². The van der Waals surface area contributed by atoms with Crippen molar-refractivity contribution in [2.75, 3.05) is 26.2 Å². The minimum absolute atomic E-state index is 0.00753. The van der Waals surface area contributed by atoms with Gasteiger partial charge in [0.25, 0.3) is 0 Å². The number of benzene rings is 2. The molecule has 1 saturated heterocycles. The van der Waals surface area contributed by atoms with Crippen molar-refractivity contribution in [1.29, 1.82) is 0 Å². The first-order valence-electron chi connectivity index (χ1n) is 9.17. The van der Waals surface area contributed by atoms with Crippen molar-refractivity contribution >= 4 is 0 Å². The minimum atomic E-state index is 0.00753. The molecule has 128 valence electrons. The van der Waals surface area contributed by atoms with Crippen LogP contribution in [0.4, 0.5) is 0 Å². The summed E-state index contributed by atoms with van der Waals surface area (Å²) in [5.41, 5.74) is 2.66. The van der Waals surface area contributed by atoms with E-state index in [-0.39, 0.29) is 5.41 Å². The second kappa shape index (κ2) is 7.85. The summed E-state index contributed by atoms with van der Waals surface area (Å²) in [6.07, 6.45) is 4.06. The fraction of sp³-hybridized carbons (Fsp3) is 0.455. The second-order valence-electron chi connectivity index (χ2n) is 7.27. The van der Waals surface area contributed by atoms with E-state index in [1.54, 1.807) is 0 Å². The molecule has 2 aromatic rings. The highest BCUT2D eigenvalue weighted by Crippen LogP contribution is 2.32. The van der Waals surface area contributed by atoms with Gasteiger partial charge in [-0.05, 0) is 49.2 Å². The van der Waals surface area contributed by atoms with Crippen molar-refractivity contribution < 1.29 is 4.74 Å². The van der Waals surface area contributed by atoms with Gasteiger partial charge < -0.3 is 4.74 Å². The summed E-state index contributed by atoms with van der Waals surface area (Å²) < 4.78 is 5.94. The molecule has 0 radical (unpaired) electrons. The zero-order chi connectivity index (χ0) is 16.8. The Morgan fingerprint density at radius 2 is 1.46 bits per heavy atom. The zero-order valence-corrected chi connectivity index (χ0v) is 15.0. The largest absolute Gasteiger partial charge is 0.492 e. The van der Waals surface area contributed by atoms with Gasteiger partial charge in [0.2, 0.25) is 0 Å². The van der Waals surface area contributed by atoms with Gasteiger partial charge >= 0.3 is 0 Å². The Morgan fingerprint density at radius 3 is 2.12 bits per heavy atom. The van der Waals surface area contributed by atoms with E-state index in [9.17, 15) is 0 Å². The van der Waals surface area contributed by atoms with Gasteiger partial charge in [-0.3, -0.25) is 4.90 Å². The molecular formula is C22H29NO. The number of ether oxygens (including phenoxy) is 1. The lowest BCUT2D eigenvalue weighted by Crippen LogP contribution is -2.33. The van der Waals surface area contributed by atoms with E-state index >= 15 is 0 Å². The fourth-order valence-electron chi connectivity index (χ4n) is 3.46. The molecule has 0 saturated carbocycles. The topological polar surface area (TPSA) is 12.5 Å². The van der Waals surface area contributed by atoms with Crippen LogP contribution in [-0.2, 0) is 5.41 Å². The van der Waals surface area contributed by atoms with Crippen LogP contribution >= 0.6 is 0 Å². The molecule has 24 heavy (non-hydrogen) atoms. The lowest BCUT2D eigenvalue weighted by molar-refractivity contribution is 0.183. The SMILES string of the molecule is CC(C)(c1ccccc1)c1ccc(OCCN2CCCCC2)cc1. The zero-order valence-electron chi connectivity index (χ0n) is 15.0. The van der Waals surface area contributed by atoms with E-state index in [2.05, 4.69) is 73.3 Å². The molecular weight excluding hydrogens is 294 g/mol. The summed E-state index contributed by atoms with van der Waals surface area (Å²) in [6, 6.07) is 19.3. The Labute approximate surface area is 146 Å². The first-order chi connectivity index (χ1) is 11.7. The molecule has 2 nitrogen and oxygen atoms in total. The lowest BCUT2D eigenvalue weighted by atomic mass is 9.78. The molecule has 0 amide bonds. The molecule has 0 spiro atoms. The Kier molecular flexibility index (Phi) is 5.57. The molecule has 1 heterocycles.